The van der Waals surface area contributed by atoms with Gasteiger partial charge in [-0.05, 0) is 49.2 Å². The molecule has 31 heavy (non-hydrogen) atoms. The van der Waals surface area contributed by atoms with Crippen LogP contribution in [0.4, 0.5) is 0 Å². The Morgan fingerprint density at radius 1 is 0.903 bits per heavy atom. The molecule has 8 heteroatoms. The minimum atomic E-state index is -0.0244. The number of thioether (sulfide) groups is 1. The van der Waals surface area contributed by atoms with Crippen LogP contribution < -0.4 is 15.0 Å². The molecule has 0 bridgehead atoms. The molecule has 0 spiro atoms. The summed E-state index contributed by atoms with van der Waals surface area (Å²) in [4.78, 5) is 12.9. The quantitative estimate of drug-likeness (QED) is 0.270. The lowest BCUT2D eigenvalue weighted by atomic mass is 10.2. The summed E-state index contributed by atoms with van der Waals surface area (Å²) < 4.78 is 15.1. The highest BCUT2D eigenvalue weighted by Gasteiger charge is 2.16. The lowest BCUT2D eigenvalue weighted by molar-refractivity contribution is 0.314. The molecule has 7 nitrogen and oxygen atoms in total. The van der Waals surface area contributed by atoms with Crippen molar-refractivity contribution in [3.63, 3.8) is 0 Å². The van der Waals surface area contributed by atoms with E-state index in [1.54, 1.807) is 16.3 Å². The Kier molecular flexibility index (Phi) is 6.76. The monoisotopic (exact) mass is 438 g/mol. The maximum atomic E-state index is 12.9. The summed E-state index contributed by atoms with van der Waals surface area (Å²) in [5, 5.41) is 10.1. The van der Waals surface area contributed by atoms with E-state index in [4.69, 9.17) is 9.47 Å². The summed E-state index contributed by atoms with van der Waals surface area (Å²) in [6, 6.07) is 15.3. The second-order valence-electron chi connectivity index (χ2n) is 7.11. The van der Waals surface area contributed by atoms with Gasteiger partial charge in [-0.2, -0.15) is 0 Å². The Hall–Kier alpha value is -3.00. The van der Waals surface area contributed by atoms with E-state index in [0.717, 1.165) is 35.0 Å². The number of ether oxygens (including phenoxy) is 2. The molecule has 0 aliphatic rings. The number of benzene rings is 2. The number of aromatic nitrogens is 4. The first kappa shape index (κ1) is 21.2. The van der Waals surface area contributed by atoms with Gasteiger partial charge in [0.25, 0.3) is 5.56 Å². The lowest BCUT2D eigenvalue weighted by Crippen LogP contribution is -2.23. The van der Waals surface area contributed by atoms with Crippen molar-refractivity contribution in [2.24, 2.45) is 0 Å². The third kappa shape index (κ3) is 4.54. The van der Waals surface area contributed by atoms with Gasteiger partial charge in [0.15, 0.2) is 5.16 Å². The van der Waals surface area contributed by atoms with E-state index in [0.29, 0.717) is 36.7 Å². The molecule has 0 saturated carbocycles. The molecule has 162 valence electrons. The van der Waals surface area contributed by atoms with Crippen molar-refractivity contribution in [3.05, 3.63) is 58.9 Å². The molecule has 2 aromatic carbocycles. The fourth-order valence-corrected chi connectivity index (χ4v) is 4.15. The molecular formula is C23H26N4O3S. The van der Waals surface area contributed by atoms with Crippen molar-refractivity contribution in [1.82, 2.24) is 19.2 Å². The van der Waals surface area contributed by atoms with Gasteiger partial charge in [-0.25, -0.2) is 0 Å². The van der Waals surface area contributed by atoms with Crippen LogP contribution in [-0.4, -0.2) is 38.1 Å². The van der Waals surface area contributed by atoms with Crippen LogP contribution >= 0.6 is 11.8 Å². The largest absolute Gasteiger partial charge is 0.494 e. The topological polar surface area (TPSA) is 70.7 Å². The molecule has 0 aliphatic heterocycles. The van der Waals surface area contributed by atoms with Gasteiger partial charge in [0, 0.05) is 12.3 Å². The Bertz CT molecular complexity index is 1220. The number of fused-ring (bicyclic) bond motifs is 3. The summed E-state index contributed by atoms with van der Waals surface area (Å²) in [5.74, 6) is 2.94. The van der Waals surface area contributed by atoms with Gasteiger partial charge in [-0.3, -0.25) is 13.8 Å². The number of rotatable bonds is 10. The predicted octanol–water partition coefficient (Wildman–Crippen LogP) is 4.41. The third-order valence-corrected chi connectivity index (χ3v) is 5.70. The van der Waals surface area contributed by atoms with E-state index in [1.165, 1.54) is 0 Å². The molecule has 2 heterocycles. The van der Waals surface area contributed by atoms with E-state index in [2.05, 4.69) is 17.1 Å². The normalized spacial score (nSPS) is 11.3. The fourth-order valence-electron chi connectivity index (χ4n) is 3.40. The van der Waals surface area contributed by atoms with Crippen LogP contribution in [0.15, 0.2) is 58.5 Å². The Morgan fingerprint density at radius 3 is 2.32 bits per heavy atom. The zero-order chi connectivity index (χ0) is 21.6. The van der Waals surface area contributed by atoms with Crippen LogP contribution in [0.1, 0.15) is 26.7 Å². The highest BCUT2D eigenvalue weighted by atomic mass is 32.2. The number of hydrogen-bond acceptors (Lipinski definition) is 6. The Morgan fingerprint density at radius 2 is 1.61 bits per heavy atom. The number of nitrogens with zero attached hydrogens (tertiary/aromatic N) is 4. The van der Waals surface area contributed by atoms with Crippen LogP contribution in [0.5, 0.6) is 11.5 Å². The number of aryl methyl sites for hydroxylation is 1. The van der Waals surface area contributed by atoms with E-state index in [9.17, 15) is 4.79 Å². The maximum Gasteiger partial charge on any atom is 0.262 e. The first-order chi connectivity index (χ1) is 15.2. The van der Waals surface area contributed by atoms with Crippen molar-refractivity contribution in [2.75, 3.05) is 19.0 Å². The molecule has 0 aliphatic carbocycles. The first-order valence-electron chi connectivity index (χ1n) is 10.6. The molecule has 0 atom stereocenters. The SMILES string of the molecule is CCCOc1ccc(OCCSc2nnc3n(CCC)c(=O)c4ccccc4n23)cc1. The summed E-state index contributed by atoms with van der Waals surface area (Å²) >= 11 is 1.56. The summed E-state index contributed by atoms with van der Waals surface area (Å²) in [7, 11) is 0. The van der Waals surface area contributed by atoms with E-state index < -0.39 is 0 Å². The van der Waals surface area contributed by atoms with Gasteiger partial charge >= 0.3 is 0 Å². The first-order valence-corrected chi connectivity index (χ1v) is 11.6. The van der Waals surface area contributed by atoms with E-state index >= 15 is 0 Å². The molecule has 2 aromatic heterocycles. The fraction of sp³-hybridized carbons (Fsp3) is 0.348. The minimum Gasteiger partial charge on any atom is -0.494 e. The van der Waals surface area contributed by atoms with Crippen molar-refractivity contribution in [1.29, 1.82) is 0 Å². The van der Waals surface area contributed by atoms with Gasteiger partial charge in [0.2, 0.25) is 5.78 Å². The van der Waals surface area contributed by atoms with Crippen LogP contribution in [0.3, 0.4) is 0 Å². The average Bonchev–Trinajstić information content (AvgIpc) is 3.23. The van der Waals surface area contributed by atoms with Gasteiger partial charge in [-0.1, -0.05) is 37.7 Å². The Balaban J connectivity index is 1.48. The molecule has 0 saturated heterocycles. The maximum absolute atomic E-state index is 12.9. The summed E-state index contributed by atoms with van der Waals surface area (Å²) in [5.41, 5.74) is 0.800. The average molecular weight is 439 g/mol. The number of para-hydroxylation sites is 1. The van der Waals surface area contributed by atoms with Gasteiger partial charge < -0.3 is 9.47 Å². The van der Waals surface area contributed by atoms with Crippen molar-refractivity contribution >= 4 is 28.4 Å². The molecule has 0 N–H and O–H groups in total. The number of hydrogen-bond donors (Lipinski definition) is 0. The zero-order valence-corrected chi connectivity index (χ0v) is 18.6. The van der Waals surface area contributed by atoms with E-state index in [1.807, 2.05) is 59.9 Å². The van der Waals surface area contributed by atoms with Crippen LogP contribution in [-0.2, 0) is 6.54 Å². The molecule has 4 rings (SSSR count). The molecule has 0 unspecified atom stereocenters. The zero-order valence-electron chi connectivity index (χ0n) is 17.8. The molecule has 4 aromatic rings. The van der Waals surface area contributed by atoms with Crippen LogP contribution in [0.25, 0.3) is 16.7 Å². The van der Waals surface area contributed by atoms with Crippen molar-refractivity contribution in [2.45, 2.75) is 38.4 Å². The van der Waals surface area contributed by atoms with Crippen LogP contribution in [0.2, 0.25) is 0 Å². The third-order valence-electron chi connectivity index (χ3n) is 4.81. The second kappa shape index (κ2) is 9.87. The van der Waals surface area contributed by atoms with Crippen LogP contribution in [0, 0.1) is 0 Å². The summed E-state index contributed by atoms with van der Waals surface area (Å²) in [6.07, 6.45) is 1.83. The van der Waals surface area contributed by atoms with Gasteiger partial charge in [-0.15, -0.1) is 10.2 Å². The molecule has 0 fully saturated rings. The summed E-state index contributed by atoms with van der Waals surface area (Å²) in [6.45, 7) is 5.98. The van der Waals surface area contributed by atoms with Gasteiger partial charge in [0.05, 0.1) is 24.1 Å². The second-order valence-corrected chi connectivity index (χ2v) is 8.17. The highest BCUT2D eigenvalue weighted by Crippen LogP contribution is 2.22. The smallest absolute Gasteiger partial charge is 0.262 e. The van der Waals surface area contributed by atoms with Crippen molar-refractivity contribution in [3.8, 4) is 11.5 Å². The predicted molar refractivity (Wildman–Crippen MR) is 123 cm³/mol. The highest BCUT2D eigenvalue weighted by molar-refractivity contribution is 7.99. The van der Waals surface area contributed by atoms with Gasteiger partial charge in [0.1, 0.15) is 11.5 Å². The molecule has 0 amide bonds. The minimum absolute atomic E-state index is 0.0244. The lowest BCUT2D eigenvalue weighted by Gasteiger charge is -2.10. The molecular weight excluding hydrogens is 412 g/mol. The van der Waals surface area contributed by atoms with Crippen molar-refractivity contribution < 1.29 is 9.47 Å². The Labute approximate surface area is 185 Å². The molecule has 0 radical (unpaired) electrons. The van der Waals surface area contributed by atoms with E-state index in [-0.39, 0.29) is 5.56 Å². The standard InChI is InChI=1S/C23H26N4O3S/c1-3-13-26-21(28)19-7-5-6-8-20(19)27-22(26)24-25-23(27)31-16-15-30-18-11-9-17(10-12-18)29-14-4-2/h5-12H,3-4,13-16H2,1-2H3.